The summed E-state index contributed by atoms with van der Waals surface area (Å²) in [6.45, 7) is 0.404. The lowest BCUT2D eigenvalue weighted by molar-refractivity contribution is 0.0952. The second-order valence-electron chi connectivity index (χ2n) is 4.58. The molecule has 22 heavy (non-hydrogen) atoms. The fraction of sp³-hybridized carbons (Fsp3) is 0.0625. The van der Waals surface area contributed by atoms with Crippen molar-refractivity contribution in [2.24, 2.45) is 0 Å². The van der Waals surface area contributed by atoms with Crippen LogP contribution in [0.2, 0.25) is 0 Å². The first-order chi connectivity index (χ1) is 10.7. The largest absolute Gasteiger partial charge is 0.492 e. The summed E-state index contributed by atoms with van der Waals surface area (Å²) in [4.78, 5) is 20.4. The number of carbonyl (C=O) groups is 1. The first-order valence-electron chi connectivity index (χ1n) is 6.66. The number of nitrogens with one attached hydrogen (secondary N) is 1. The van der Waals surface area contributed by atoms with Crippen molar-refractivity contribution in [2.75, 3.05) is 0 Å². The highest BCUT2D eigenvalue weighted by atomic mass is 32.1. The topological polar surface area (TPSA) is 75.1 Å². The van der Waals surface area contributed by atoms with Crippen molar-refractivity contribution in [2.45, 2.75) is 6.54 Å². The van der Waals surface area contributed by atoms with Gasteiger partial charge in [0.1, 0.15) is 5.01 Å². The van der Waals surface area contributed by atoms with Crippen LogP contribution < -0.4 is 5.32 Å². The first-order valence-corrected chi connectivity index (χ1v) is 7.48. The number of nitrogens with zero attached hydrogens (tertiary/aromatic N) is 2. The molecule has 0 saturated carbocycles. The molecule has 1 aromatic carbocycles. The van der Waals surface area contributed by atoms with E-state index in [9.17, 15) is 9.90 Å². The van der Waals surface area contributed by atoms with E-state index in [2.05, 4.69) is 15.3 Å². The molecule has 2 aromatic heterocycles. The Balaban J connectivity index is 1.74. The number of carbonyl (C=O) groups excluding carboxylic acids is 1. The van der Waals surface area contributed by atoms with Crippen molar-refractivity contribution in [3.63, 3.8) is 0 Å². The van der Waals surface area contributed by atoms with Crippen molar-refractivity contribution in [3.05, 3.63) is 65.3 Å². The molecule has 5 nitrogen and oxygen atoms in total. The molecule has 110 valence electrons. The standard InChI is InChI=1S/C16H13N3O2S/c20-14(18-10-11-4-2-1-3-5-11)13-15(21)19-16(22-13)12-6-8-17-9-7-12/h1-9,21H,10H2,(H,18,20). The number of hydrogen-bond donors (Lipinski definition) is 2. The van der Waals surface area contributed by atoms with E-state index in [0.717, 1.165) is 22.5 Å². The molecule has 0 unspecified atom stereocenters. The Labute approximate surface area is 131 Å². The van der Waals surface area contributed by atoms with Crippen molar-refractivity contribution in [1.29, 1.82) is 0 Å². The van der Waals surface area contributed by atoms with E-state index >= 15 is 0 Å². The highest BCUT2D eigenvalue weighted by molar-refractivity contribution is 7.17. The Morgan fingerprint density at radius 1 is 1.14 bits per heavy atom. The van der Waals surface area contributed by atoms with Gasteiger partial charge in [-0.3, -0.25) is 9.78 Å². The van der Waals surface area contributed by atoms with Crippen LogP contribution in [0.1, 0.15) is 15.2 Å². The monoisotopic (exact) mass is 311 g/mol. The third-order valence-corrected chi connectivity index (χ3v) is 4.13. The van der Waals surface area contributed by atoms with Crippen LogP contribution >= 0.6 is 11.3 Å². The number of thiazole rings is 1. The smallest absolute Gasteiger partial charge is 0.267 e. The molecule has 0 aliphatic rings. The van der Waals surface area contributed by atoms with Gasteiger partial charge in [-0.15, -0.1) is 11.3 Å². The van der Waals surface area contributed by atoms with Crippen LogP contribution in [0.5, 0.6) is 5.88 Å². The number of benzene rings is 1. The summed E-state index contributed by atoms with van der Waals surface area (Å²) >= 11 is 1.15. The van der Waals surface area contributed by atoms with Gasteiger partial charge in [0.05, 0.1) is 0 Å². The van der Waals surface area contributed by atoms with Crippen LogP contribution in [0.15, 0.2) is 54.9 Å². The van der Waals surface area contributed by atoms with Crippen molar-refractivity contribution < 1.29 is 9.90 Å². The maximum absolute atomic E-state index is 12.2. The first kappa shape index (κ1) is 14.2. The van der Waals surface area contributed by atoms with Crippen LogP contribution in [0, 0.1) is 0 Å². The highest BCUT2D eigenvalue weighted by Crippen LogP contribution is 2.31. The molecule has 0 spiro atoms. The summed E-state index contributed by atoms with van der Waals surface area (Å²) < 4.78 is 0. The molecular weight excluding hydrogens is 298 g/mol. The average Bonchev–Trinajstić information content (AvgIpc) is 2.96. The second kappa shape index (κ2) is 6.36. The van der Waals surface area contributed by atoms with E-state index < -0.39 is 0 Å². The van der Waals surface area contributed by atoms with Crippen LogP contribution in [-0.2, 0) is 6.54 Å². The van der Waals surface area contributed by atoms with E-state index in [1.165, 1.54) is 0 Å². The van der Waals surface area contributed by atoms with Gasteiger partial charge in [0, 0.05) is 24.5 Å². The second-order valence-corrected chi connectivity index (χ2v) is 5.57. The number of aromatic nitrogens is 2. The zero-order valence-corrected chi connectivity index (χ0v) is 12.4. The van der Waals surface area contributed by atoms with Crippen LogP contribution in [0.4, 0.5) is 0 Å². The third-order valence-electron chi connectivity index (χ3n) is 3.04. The summed E-state index contributed by atoms with van der Waals surface area (Å²) in [7, 11) is 0. The molecule has 1 amide bonds. The molecule has 2 N–H and O–H groups in total. The summed E-state index contributed by atoms with van der Waals surface area (Å²) in [5, 5.41) is 13.3. The Bertz CT molecular complexity index is 773. The number of aromatic hydroxyl groups is 1. The number of pyridine rings is 1. The third kappa shape index (κ3) is 3.12. The number of amides is 1. The Hall–Kier alpha value is -2.73. The summed E-state index contributed by atoms with van der Waals surface area (Å²) in [6.07, 6.45) is 3.28. The fourth-order valence-electron chi connectivity index (χ4n) is 1.94. The van der Waals surface area contributed by atoms with Crippen LogP contribution in [0.25, 0.3) is 10.6 Å². The Morgan fingerprint density at radius 3 is 2.59 bits per heavy atom. The van der Waals surface area contributed by atoms with E-state index in [-0.39, 0.29) is 16.7 Å². The van der Waals surface area contributed by atoms with E-state index in [1.807, 2.05) is 30.3 Å². The highest BCUT2D eigenvalue weighted by Gasteiger charge is 2.18. The fourth-order valence-corrected chi connectivity index (χ4v) is 2.82. The molecule has 0 fully saturated rings. The normalized spacial score (nSPS) is 10.4. The van der Waals surface area contributed by atoms with Crippen LogP contribution in [0.3, 0.4) is 0 Å². The van der Waals surface area contributed by atoms with E-state index in [4.69, 9.17) is 0 Å². The lowest BCUT2D eigenvalue weighted by Gasteiger charge is -2.03. The van der Waals surface area contributed by atoms with Crippen molar-refractivity contribution >= 4 is 17.2 Å². The van der Waals surface area contributed by atoms with Gasteiger partial charge in [-0.2, -0.15) is 0 Å². The lowest BCUT2D eigenvalue weighted by Crippen LogP contribution is -2.21. The molecule has 0 aliphatic heterocycles. The van der Waals surface area contributed by atoms with E-state index in [1.54, 1.807) is 24.5 Å². The quantitative estimate of drug-likeness (QED) is 0.777. The minimum Gasteiger partial charge on any atom is -0.492 e. The molecule has 0 bridgehead atoms. The van der Waals surface area contributed by atoms with Gasteiger partial charge in [-0.25, -0.2) is 4.98 Å². The molecule has 2 heterocycles. The van der Waals surface area contributed by atoms with Gasteiger partial charge in [0.2, 0.25) is 5.88 Å². The molecule has 3 rings (SSSR count). The van der Waals surface area contributed by atoms with Crippen molar-refractivity contribution in [1.82, 2.24) is 15.3 Å². The summed E-state index contributed by atoms with van der Waals surface area (Å²) in [5.74, 6) is -0.582. The van der Waals surface area contributed by atoms with Gasteiger partial charge in [-0.1, -0.05) is 30.3 Å². The molecule has 6 heteroatoms. The van der Waals surface area contributed by atoms with Gasteiger partial charge in [-0.05, 0) is 17.7 Å². The van der Waals surface area contributed by atoms with Gasteiger partial charge >= 0.3 is 0 Å². The number of hydrogen-bond acceptors (Lipinski definition) is 5. The minimum absolute atomic E-state index is 0.211. The summed E-state index contributed by atoms with van der Waals surface area (Å²) in [6, 6.07) is 13.2. The van der Waals surface area contributed by atoms with E-state index in [0.29, 0.717) is 11.6 Å². The van der Waals surface area contributed by atoms with Crippen LogP contribution in [-0.4, -0.2) is 21.0 Å². The maximum Gasteiger partial charge on any atom is 0.267 e. The SMILES string of the molecule is O=C(NCc1ccccc1)c1sc(-c2ccncc2)nc1O. The molecule has 0 radical (unpaired) electrons. The average molecular weight is 311 g/mol. The van der Waals surface area contributed by atoms with Gasteiger partial charge in [0.25, 0.3) is 5.91 Å². The molecule has 0 saturated heterocycles. The lowest BCUT2D eigenvalue weighted by atomic mass is 10.2. The summed E-state index contributed by atoms with van der Waals surface area (Å²) in [5.41, 5.74) is 1.81. The predicted octanol–water partition coefficient (Wildman–Crippen LogP) is 2.84. The number of rotatable bonds is 4. The van der Waals surface area contributed by atoms with Gasteiger partial charge < -0.3 is 10.4 Å². The zero-order valence-electron chi connectivity index (χ0n) is 11.6. The predicted molar refractivity (Wildman–Crippen MR) is 84.6 cm³/mol. The van der Waals surface area contributed by atoms with Crippen molar-refractivity contribution in [3.8, 4) is 16.5 Å². The maximum atomic E-state index is 12.2. The Morgan fingerprint density at radius 2 is 1.86 bits per heavy atom. The molecule has 0 atom stereocenters. The molecular formula is C16H13N3O2S. The minimum atomic E-state index is -0.334. The zero-order chi connectivity index (χ0) is 15.4. The van der Waals surface area contributed by atoms with Gasteiger partial charge in [0.15, 0.2) is 4.88 Å². The molecule has 0 aliphatic carbocycles. The Kier molecular flexibility index (Phi) is 4.11. The molecule has 3 aromatic rings.